The van der Waals surface area contributed by atoms with Crippen LogP contribution >= 0.6 is 11.8 Å². The number of hydrogen-bond acceptors (Lipinski definition) is 3. The van der Waals surface area contributed by atoms with Gasteiger partial charge in [0.05, 0.1) is 0 Å². The number of aliphatic carboxylic acids is 1. The number of carboxylic acids is 1. The predicted octanol–water partition coefficient (Wildman–Crippen LogP) is 2.74. The van der Waals surface area contributed by atoms with Crippen molar-refractivity contribution in [3.05, 3.63) is 29.8 Å². The van der Waals surface area contributed by atoms with Gasteiger partial charge in [-0.3, -0.25) is 9.69 Å². The second kappa shape index (κ2) is 7.36. The molecule has 2 N–H and O–H groups in total. The summed E-state index contributed by atoms with van der Waals surface area (Å²) in [6.45, 7) is 6.08. The lowest BCUT2D eigenvalue weighted by atomic mass is 10.2. The van der Waals surface area contributed by atoms with E-state index >= 15 is 0 Å². The smallest absolute Gasteiger partial charge is 0.323 e. The summed E-state index contributed by atoms with van der Waals surface area (Å²) in [6.07, 6.45) is 1.97. The molecule has 0 saturated carbocycles. The van der Waals surface area contributed by atoms with E-state index in [2.05, 4.69) is 5.32 Å². The van der Waals surface area contributed by atoms with Gasteiger partial charge >= 0.3 is 12.0 Å². The first kappa shape index (κ1) is 17.4. The third-order valence-corrected chi connectivity index (χ3v) is 4.35. The van der Waals surface area contributed by atoms with Crippen molar-refractivity contribution in [2.45, 2.75) is 25.5 Å². The summed E-state index contributed by atoms with van der Waals surface area (Å²) >= 11 is 1.64. The number of nitrogens with zero attached hydrogens (tertiary/aromatic N) is 1. The molecule has 0 bridgehead atoms. The first-order chi connectivity index (χ1) is 9.75. The van der Waals surface area contributed by atoms with Crippen LogP contribution in [0.25, 0.3) is 0 Å². The molecule has 0 radical (unpaired) electrons. The van der Waals surface area contributed by atoms with Gasteiger partial charge < -0.3 is 10.4 Å². The van der Waals surface area contributed by atoms with E-state index in [9.17, 15) is 9.59 Å². The molecule has 0 spiro atoms. The molecule has 21 heavy (non-hydrogen) atoms. The number of carbonyl (C=O) groups excluding carboxylic acids is 1. The van der Waals surface area contributed by atoms with Crippen LogP contribution in [-0.2, 0) is 4.79 Å². The molecule has 1 aromatic rings. The van der Waals surface area contributed by atoms with Crippen molar-refractivity contribution in [2.75, 3.05) is 24.2 Å². The second-order valence-electron chi connectivity index (χ2n) is 5.44. The van der Waals surface area contributed by atoms with Crippen molar-refractivity contribution in [3.8, 4) is 0 Å². The van der Waals surface area contributed by atoms with E-state index in [0.717, 1.165) is 5.56 Å². The molecule has 1 aromatic carbocycles. The number of rotatable bonds is 6. The average molecular weight is 310 g/mol. The van der Waals surface area contributed by atoms with Crippen LogP contribution in [0.3, 0.4) is 0 Å². The fourth-order valence-electron chi connectivity index (χ4n) is 1.60. The van der Waals surface area contributed by atoms with E-state index in [4.69, 9.17) is 5.11 Å². The van der Waals surface area contributed by atoms with Gasteiger partial charge in [-0.15, -0.1) is 0 Å². The number of amides is 2. The topological polar surface area (TPSA) is 69.6 Å². The number of nitrogens with one attached hydrogen (secondary N) is 1. The molecule has 1 rings (SSSR count). The van der Waals surface area contributed by atoms with Gasteiger partial charge in [-0.05, 0) is 39.2 Å². The first-order valence-electron chi connectivity index (χ1n) is 6.64. The van der Waals surface area contributed by atoms with E-state index in [-0.39, 0.29) is 11.3 Å². The minimum absolute atomic E-state index is 0.0994. The quantitative estimate of drug-likeness (QED) is 0.847. The molecule has 0 saturated heterocycles. The normalized spacial score (nSPS) is 11.0. The largest absolute Gasteiger partial charge is 0.480 e. The third-order valence-electron chi connectivity index (χ3n) is 3.10. The lowest BCUT2D eigenvalue weighted by Crippen LogP contribution is -2.46. The standard InChI is InChI=1S/C15H22N2O3S/c1-11-5-7-12(8-6-11)17(9-13(18)19)14(20)16-10-15(2,3)21-4/h5-8H,9-10H2,1-4H3,(H,16,20)(H,18,19). The van der Waals surface area contributed by atoms with E-state index < -0.39 is 12.0 Å². The maximum absolute atomic E-state index is 12.3. The van der Waals surface area contributed by atoms with Crippen LogP contribution in [0, 0.1) is 6.92 Å². The van der Waals surface area contributed by atoms with Crippen molar-refractivity contribution >= 4 is 29.4 Å². The Balaban J connectivity index is 2.84. The molecule has 0 heterocycles. The summed E-state index contributed by atoms with van der Waals surface area (Å²) in [5.41, 5.74) is 1.63. The molecule has 0 unspecified atom stereocenters. The highest BCUT2D eigenvalue weighted by atomic mass is 32.2. The lowest BCUT2D eigenvalue weighted by Gasteiger charge is -2.26. The highest BCUT2D eigenvalue weighted by Gasteiger charge is 2.22. The number of thioether (sulfide) groups is 1. The molecular formula is C15H22N2O3S. The van der Waals surface area contributed by atoms with Crippen molar-refractivity contribution in [1.29, 1.82) is 0 Å². The SMILES string of the molecule is CSC(C)(C)CNC(=O)N(CC(=O)O)c1ccc(C)cc1. The molecule has 0 aromatic heterocycles. The minimum atomic E-state index is -1.05. The Kier molecular flexibility index (Phi) is 6.08. The molecule has 0 aliphatic heterocycles. The molecule has 0 fully saturated rings. The zero-order chi connectivity index (χ0) is 16.0. The predicted molar refractivity (Wildman–Crippen MR) is 87.2 cm³/mol. The third kappa shape index (κ3) is 5.67. The van der Waals surface area contributed by atoms with E-state index in [0.29, 0.717) is 12.2 Å². The number of carbonyl (C=O) groups is 2. The number of benzene rings is 1. The van der Waals surface area contributed by atoms with E-state index in [1.165, 1.54) is 4.90 Å². The number of anilines is 1. The summed E-state index contributed by atoms with van der Waals surface area (Å²) < 4.78 is -0.0994. The fraction of sp³-hybridized carbons (Fsp3) is 0.467. The number of aryl methyl sites for hydroxylation is 1. The Bertz CT molecular complexity index is 500. The van der Waals surface area contributed by atoms with Crippen LogP contribution in [0.2, 0.25) is 0 Å². The van der Waals surface area contributed by atoms with Crippen LogP contribution in [0.15, 0.2) is 24.3 Å². The second-order valence-corrected chi connectivity index (χ2v) is 6.95. The molecular weight excluding hydrogens is 288 g/mol. The van der Waals surface area contributed by atoms with Crippen LogP contribution in [0.1, 0.15) is 19.4 Å². The zero-order valence-corrected chi connectivity index (χ0v) is 13.7. The number of urea groups is 1. The van der Waals surface area contributed by atoms with Gasteiger partial charge in [0, 0.05) is 17.0 Å². The molecule has 0 aliphatic rings. The van der Waals surface area contributed by atoms with Gasteiger partial charge in [0.2, 0.25) is 0 Å². The Morgan fingerprint density at radius 1 is 1.29 bits per heavy atom. The minimum Gasteiger partial charge on any atom is -0.480 e. The Morgan fingerprint density at radius 2 is 1.86 bits per heavy atom. The number of hydrogen-bond donors (Lipinski definition) is 2. The fourth-order valence-corrected chi connectivity index (χ4v) is 1.81. The summed E-state index contributed by atoms with van der Waals surface area (Å²) in [7, 11) is 0. The molecule has 5 nitrogen and oxygen atoms in total. The highest BCUT2D eigenvalue weighted by Crippen LogP contribution is 2.20. The first-order valence-corrected chi connectivity index (χ1v) is 7.86. The molecule has 116 valence electrons. The van der Waals surface area contributed by atoms with Gasteiger partial charge in [0.1, 0.15) is 6.54 Å². The summed E-state index contributed by atoms with van der Waals surface area (Å²) in [4.78, 5) is 24.5. The van der Waals surface area contributed by atoms with E-state index in [1.807, 2.05) is 39.2 Å². The van der Waals surface area contributed by atoms with Crippen LogP contribution < -0.4 is 10.2 Å². The zero-order valence-electron chi connectivity index (χ0n) is 12.8. The highest BCUT2D eigenvalue weighted by molar-refractivity contribution is 7.99. The van der Waals surface area contributed by atoms with Crippen LogP contribution in [0.4, 0.5) is 10.5 Å². The lowest BCUT2D eigenvalue weighted by molar-refractivity contribution is -0.135. The van der Waals surface area contributed by atoms with Gasteiger partial charge in [-0.25, -0.2) is 4.79 Å². The monoisotopic (exact) mass is 310 g/mol. The van der Waals surface area contributed by atoms with Crippen LogP contribution in [0.5, 0.6) is 0 Å². The summed E-state index contributed by atoms with van der Waals surface area (Å²) in [5, 5.41) is 11.8. The molecule has 0 aliphatic carbocycles. The maximum atomic E-state index is 12.3. The van der Waals surface area contributed by atoms with E-state index in [1.54, 1.807) is 23.9 Å². The van der Waals surface area contributed by atoms with Crippen molar-refractivity contribution in [1.82, 2.24) is 5.32 Å². The Hall–Kier alpha value is -1.69. The van der Waals surface area contributed by atoms with Gasteiger partial charge in [-0.1, -0.05) is 17.7 Å². The Labute approximate surface area is 129 Å². The average Bonchev–Trinajstić information content (AvgIpc) is 2.43. The summed E-state index contributed by atoms with van der Waals surface area (Å²) in [6, 6.07) is 6.80. The van der Waals surface area contributed by atoms with Gasteiger partial charge in [0.25, 0.3) is 0 Å². The van der Waals surface area contributed by atoms with Gasteiger partial charge in [-0.2, -0.15) is 11.8 Å². The molecule has 6 heteroatoms. The van der Waals surface area contributed by atoms with Crippen molar-refractivity contribution in [3.63, 3.8) is 0 Å². The molecule has 2 amide bonds. The number of carboxylic acid groups (broad SMARTS) is 1. The van der Waals surface area contributed by atoms with Crippen molar-refractivity contribution < 1.29 is 14.7 Å². The Morgan fingerprint density at radius 3 is 2.33 bits per heavy atom. The maximum Gasteiger partial charge on any atom is 0.323 e. The van der Waals surface area contributed by atoms with Crippen LogP contribution in [-0.4, -0.2) is 41.2 Å². The molecule has 0 atom stereocenters. The van der Waals surface area contributed by atoms with Gasteiger partial charge in [0.15, 0.2) is 0 Å². The van der Waals surface area contributed by atoms with Crippen molar-refractivity contribution in [2.24, 2.45) is 0 Å². The summed E-state index contributed by atoms with van der Waals surface area (Å²) in [5.74, 6) is -1.05.